The van der Waals surface area contributed by atoms with Crippen LogP contribution in [0, 0.1) is 6.92 Å². The molecule has 0 bridgehead atoms. The third-order valence-corrected chi connectivity index (χ3v) is 5.00. The van der Waals surface area contributed by atoms with Gasteiger partial charge in [-0.1, -0.05) is 29.8 Å². The lowest BCUT2D eigenvalue weighted by molar-refractivity contribution is -0.138. The fraction of sp³-hybridized carbons (Fsp3) is 0.286. The van der Waals surface area contributed by atoms with Crippen LogP contribution in [0.15, 0.2) is 54.5 Å². The molecule has 0 radical (unpaired) electrons. The molecule has 2 aliphatic rings. The van der Waals surface area contributed by atoms with Crippen molar-refractivity contribution < 1.29 is 9.59 Å². The summed E-state index contributed by atoms with van der Waals surface area (Å²) in [5.74, 6) is -0.401. The number of amides is 2. The second-order valence-electron chi connectivity index (χ2n) is 6.84. The van der Waals surface area contributed by atoms with E-state index in [0.29, 0.717) is 11.3 Å². The summed E-state index contributed by atoms with van der Waals surface area (Å²) in [5.41, 5.74) is 3.93. The van der Waals surface area contributed by atoms with Crippen molar-refractivity contribution in [1.82, 2.24) is 14.8 Å². The highest BCUT2D eigenvalue weighted by Gasteiger charge is 2.41. The Morgan fingerprint density at radius 1 is 0.923 bits per heavy atom. The minimum absolute atomic E-state index is 0.190. The highest BCUT2D eigenvalue weighted by molar-refractivity contribution is 6.35. The molecule has 4 rings (SSSR count). The molecule has 0 atom stereocenters. The van der Waals surface area contributed by atoms with Crippen LogP contribution in [0.1, 0.15) is 29.5 Å². The van der Waals surface area contributed by atoms with Crippen molar-refractivity contribution in [2.75, 3.05) is 13.1 Å². The first kappa shape index (κ1) is 16.5. The molecule has 0 unspecified atom stereocenters. The van der Waals surface area contributed by atoms with E-state index in [2.05, 4.69) is 9.88 Å². The standard InChI is InChI=1S/C21H21N3O2/c1-15-4-6-17(7-5-15)18-19(23-12-2-3-13-23)21(26)24(20(18)25)14-16-8-10-22-11-9-16/h4-11H,2-3,12-14H2,1H3. The quantitative estimate of drug-likeness (QED) is 0.798. The predicted octanol–water partition coefficient (Wildman–Crippen LogP) is 2.77. The van der Waals surface area contributed by atoms with E-state index >= 15 is 0 Å². The monoisotopic (exact) mass is 347 g/mol. The Bertz CT molecular complexity index is 866. The van der Waals surface area contributed by atoms with Crippen LogP contribution in [0.5, 0.6) is 0 Å². The first-order chi connectivity index (χ1) is 12.6. The second-order valence-corrected chi connectivity index (χ2v) is 6.84. The van der Waals surface area contributed by atoms with E-state index in [1.807, 2.05) is 43.3 Å². The summed E-state index contributed by atoms with van der Waals surface area (Å²) in [6.45, 7) is 3.93. The van der Waals surface area contributed by atoms with Crippen molar-refractivity contribution in [3.63, 3.8) is 0 Å². The van der Waals surface area contributed by atoms with Gasteiger partial charge >= 0.3 is 0 Å². The van der Waals surface area contributed by atoms with E-state index in [1.165, 1.54) is 4.90 Å². The molecular formula is C21H21N3O2. The first-order valence-corrected chi connectivity index (χ1v) is 8.96. The Morgan fingerprint density at radius 2 is 1.58 bits per heavy atom. The summed E-state index contributed by atoms with van der Waals surface area (Å²) in [6, 6.07) is 11.5. The summed E-state index contributed by atoms with van der Waals surface area (Å²) in [5, 5.41) is 0. The lowest BCUT2D eigenvalue weighted by atomic mass is 10.0. The minimum Gasteiger partial charge on any atom is -0.366 e. The van der Waals surface area contributed by atoms with Gasteiger partial charge in [0.2, 0.25) is 0 Å². The summed E-state index contributed by atoms with van der Waals surface area (Å²) < 4.78 is 0. The molecule has 0 N–H and O–H groups in total. The normalized spacial score (nSPS) is 17.6. The van der Waals surface area contributed by atoms with E-state index in [-0.39, 0.29) is 18.4 Å². The van der Waals surface area contributed by atoms with Gasteiger partial charge in [0.15, 0.2) is 0 Å². The Hall–Kier alpha value is -2.95. The Balaban J connectivity index is 1.74. The van der Waals surface area contributed by atoms with Crippen molar-refractivity contribution in [2.24, 2.45) is 0 Å². The number of hydrogen-bond acceptors (Lipinski definition) is 4. The molecule has 1 saturated heterocycles. The van der Waals surface area contributed by atoms with Gasteiger partial charge in [-0.2, -0.15) is 0 Å². The maximum Gasteiger partial charge on any atom is 0.278 e. The predicted molar refractivity (Wildman–Crippen MR) is 98.7 cm³/mol. The zero-order valence-corrected chi connectivity index (χ0v) is 14.8. The molecule has 3 heterocycles. The average Bonchev–Trinajstić information content (AvgIpc) is 3.26. The number of benzene rings is 1. The number of likely N-dealkylation sites (tertiary alicyclic amines) is 1. The molecule has 1 aromatic carbocycles. The van der Waals surface area contributed by atoms with Gasteiger partial charge in [-0.3, -0.25) is 19.5 Å². The third-order valence-electron chi connectivity index (χ3n) is 5.00. The van der Waals surface area contributed by atoms with Gasteiger partial charge in [0.25, 0.3) is 11.8 Å². The number of nitrogens with zero attached hydrogens (tertiary/aromatic N) is 3. The zero-order valence-electron chi connectivity index (χ0n) is 14.8. The molecule has 2 amide bonds. The fourth-order valence-electron chi connectivity index (χ4n) is 3.59. The van der Waals surface area contributed by atoms with Crippen molar-refractivity contribution in [3.8, 4) is 0 Å². The second kappa shape index (κ2) is 6.75. The number of aromatic nitrogens is 1. The average molecular weight is 347 g/mol. The Kier molecular flexibility index (Phi) is 4.29. The van der Waals surface area contributed by atoms with Crippen molar-refractivity contribution >= 4 is 17.4 Å². The summed E-state index contributed by atoms with van der Waals surface area (Å²) in [4.78, 5) is 33.8. The van der Waals surface area contributed by atoms with Crippen LogP contribution in [0.4, 0.5) is 0 Å². The van der Waals surface area contributed by atoms with Crippen molar-refractivity contribution in [3.05, 3.63) is 71.2 Å². The van der Waals surface area contributed by atoms with Crippen LogP contribution >= 0.6 is 0 Å². The maximum atomic E-state index is 13.2. The third kappa shape index (κ3) is 2.90. The molecule has 26 heavy (non-hydrogen) atoms. The van der Waals surface area contributed by atoms with Crippen LogP contribution in [0.2, 0.25) is 0 Å². The smallest absolute Gasteiger partial charge is 0.278 e. The summed E-state index contributed by atoms with van der Waals surface area (Å²) in [6.07, 6.45) is 5.46. The number of hydrogen-bond donors (Lipinski definition) is 0. The summed E-state index contributed by atoms with van der Waals surface area (Å²) in [7, 11) is 0. The zero-order chi connectivity index (χ0) is 18.1. The van der Waals surface area contributed by atoms with Crippen molar-refractivity contribution in [1.29, 1.82) is 0 Å². The number of carbonyl (C=O) groups is 2. The highest BCUT2D eigenvalue weighted by Crippen LogP contribution is 2.34. The van der Waals surface area contributed by atoms with E-state index in [9.17, 15) is 9.59 Å². The van der Waals surface area contributed by atoms with Gasteiger partial charge in [0, 0.05) is 25.5 Å². The number of imide groups is 1. The van der Waals surface area contributed by atoms with Gasteiger partial charge in [-0.15, -0.1) is 0 Å². The van der Waals surface area contributed by atoms with Gasteiger partial charge in [0.05, 0.1) is 12.1 Å². The van der Waals surface area contributed by atoms with E-state index < -0.39 is 0 Å². The van der Waals surface area contributed by atoms with Crippen LogP contribution in [0.25, 0.3) is 5.57 Å². The molecule has 0 aliphatic carbocycles. The lowest BCUT2D eigenvalue weighted by Crippen LogP contribution is -2.34. The fourth-order valence-corrected chi connectivity index (χ4v) is 3.59. The summed E-state index contributed by atoms with van der Waals surface area (Å²) >= 11 is 0. The topological polar surface area (TPSA) is 53.5 Å². The Labute approximate surface area is 152 Å². The van der Waals surface area contributed by atoms with E-state index in [1.54, 1.807) is 12.4 Å². The molecule has 0 spiro atoms. The van der Waals surface area contributed by atoms with E-state index in [4.69, 9.17) is 0 Å². The molecule has 132 valence electrons. The van der Waals surface area contributed by atoms with Gasteiger partial charge in [-0.05, 0) is 43.0 Å². The first-order valence-electron chi connectivity index (χ1n) is 8.96. The van der Waals surface area contributed by atoms with E-state index in [0.717, 1.165) is 42.6 Å². The lowest BCUT2D eigenvalue weighted by Gasteiger charge is -2.20. The number of aryl methyl sites for hydroxylation is 1. The molecule has 1 fully saturated rings. The molecular weight excluding hydrogens is 326 g/mol. The number of carbonyl (C=O) groups excluding carboxylic acids is 2. The molecule has 2 aliphatic heterocycles. The van der Waals surface area contributed by atoms with Crippen LogP contribution in [0.3, 0.4) is 0 Å². The van der Waals surface area contributed by atoms with Gasteiger partial charge in [-0.25, -0.2) is 0 Å². The highest BCUT2D eigenvalue weighted by atomic mass is 16.2. The molecule has 0 saturated carbocycles. The molecule has 5 nitrogen and oxygen atoms in total. The maximum absolute atomic E-state index is 13.2. The largest absolute Gasteiger partial charge is 0.366 e. The molecule has 2 aromatic rings. The van der Waals surface area contributed by atoms with Crippen LogP contribution in [-0.2, 0) is 16.1 Å². The van der Waals surface area contributed by atoms with Crippen LogP contribution in [-0.4, -0.2) is 39.7 Å². The van der Waals surface area contributed by atoms with Gasteiger partial charge in [0.1, 0.15) is 5.70 Å². The Morgan fingerprint density at radius 3 is 2.23 bits per heavy atom. The minimum atomic E-state index is -0.211. The van der Waals surface area contributed by atoms with Gasteiger partial charge < -0.3 is 4.90 Å². The molecule has 1 aromatic heterocycles. The van der Waals surface area contributed by atoms with Crippen molar-refractivity contribution in [2.45, 2.75) is 26.3 Å². The number of rotatable bonds is 4. The number of pyridine rings is 1. The molecule has 5 heteroatoms. The van der Waals surface area contributed by atoms with Crippen LogP contribution < -0.4 is 0 Å². The SMILES string of the molecule is Cc1ccc(C2=C(N3CCCC3)C(=O)N(Cc3ccncc3)C2=O)cc1.